The zero-order valence-corrected chi connectivity index (χ0v) is 11.5. The predicted molar refractivity (Wildman–Crippen MR) is 70.3 cm³/mol. The molecule has 18 heavy (non-hydrogen) atoms. The zero-order valence-electron chi connectivity index (χ0n) is 11.5. The molecule has 1 rings (SSSR count). The number of aryl methyl sites for hydroxylation is 2. The molecular weight excluding hydrogens is 230 g/mol. The summed E-state index contributed by atoms with van der Waals surface area (Å²) in [6.07, 6.45) is 5.91. The maximum atomic E-state index is 5.58. The van der Waals surface area contributed by atoms with Crippen LogP contribution in [-0.4, -0.2) is 30.4 Å². The van der Waals surface area contributed by atoms with Gasteiger partial charge in [0.1, 0.15) is 0 Å². The number of methoxy groups -OCH3 is 1. The maximum absolute atomic E-state index is 5.58. The van der Waals surface area contributed by atoms with Gasteiger partial charge in [-0.3, -0.25) is 0 Å². The van der Waals surface area contributed by atoms with Crippen molar-refractivity contribution in [2.75, 3.05) is 20.3 Å². The van der Waals surface area contributed by atoms with Crippen LogP contribution in [0.15, 0.2) is 4.52 Å². The highest BCUT2D eigenvalue weighted by atomic mass is 16.5. The zero-order chi connectivity index (χ0) is 13.2. The van der Waals surface area contributed by atoms with Crippen molar-refractivity contribution >= 4 is 0 Å². The van der Waals surface area contributed by atoms with Crippen LogP contribution in [-0.2, 0) is 17.6 Å². The number of nitrogens with zero attached hydrogens (tertiary/aromatic N) is 2. The van der Waals surface area contributed by atoms with Crippen LogP contribution in [0.3, 0.4) is 0 Å². The van der Waals surface area contributed by atoms with E-state index in [-0.39, 0.29) is 0 Å². The van der Waals surface area contributed by atoms with E-state index < -0.39 is 0 Å². The van der Waals surface area contributed by atoms with Crippen molar-refractivity contribution in [2.24, 2.45) is 11.7 Å². The minimum absolute atomic E-state index is 0.666. The van der Waals surface area contributed by atoms with Crippen LogP contribution in [0.5, 0.6) is 0 Å². The minimum Gasteiger partial charge on any atom is -0.385 e. The van der Waals surface area contributed by atoms with Gasteiger partial charge in [-0.05, 0) is 31.7 Å². The number of hydrogen-bond acceptors (Lipinski definition) is 5. The van der Waals surface area contributed by atoms with Crippen LogP contribution in [0.2, 0.25) is 0 Å². The van der Waals surface area contributed by atoms with Crippen molar-refractivity contribution in [3.05, 3.63) is 11.7 Å². The fraction of sp³-hybridized carbons (Fsp3) is 0.846. The van der Waals surface area contributed by atoms with Gasteiger partial charge in [0.25, 0.3) is 0 Å². The maximum Gasteiger partial charge on any atom is 0.226 e. The molecule has 0 aliphatic rings. The van der Waals surface area contributed by atoms with Crippen molar-refractivity contribution in [2.45, 2.75) is 45.4 Å². The van der Waals surface area contributed by atoms with Crippen LogP contribution in [0.4, 0.5) is 0 Å². The average Bonchev–Trinajstić information content (AvgIpc) is 2.83. The minimum atomic E-state index is 0.666. The number of aromatic nitrogens is 2. The molecule has 0 radical (unpaired) electrons. The topological polar surface area (TPSA) is 74.2 Å². The van der Waals surface area contributed by atoms with Crippen molar-refractivity contribution in [3.63, 3.8) is 0 Å². The first kappa shape index (κ1) is 15.1. The number of nitrogens with two attached hydrogens (primary N) is 1. The van der Waals surface area contributed by atoms with Crippen LogP contribution in [0.25, 0.3) is 0 Å². The lowest BCUT2D eigenvalue weighted by atomic mass is 9.97. The Morgan fingerprint density at radius 1 is 1.33 bits per heavy atom. The normalized spacial score (nSPS) is 12.8. The molecule has 5 heteroatoms. The largest absolute Gasteiger partial charge is 0.385 e. The predicted octanol–water partition coefficient (Wildman–Crippen LogP) is 1.96. The Bertz CT molecular complexity index is 315. The summed E-state index contributed by atoms with van der Waals surface area (Å²) in [4.78, 5) is 4.38. The van der Waals surface area contributed by atoms with E-state index >= 15 is 0 Å². The first-order chi connectivity index (χ1) is 8.80. The van der Waals surface area contributed by atoms with Gasteiger partial charge in [-0.25, -0.2) is 0 Å². The molecule has 0 fully saturated rings. The Balaban J connectivity index is 2.29. The lowest BCUT2D eigenvalue weighted by molar-refractivity contribution is 0.194. The van der Waals surface area contributed by atoms with Crippen LogP contribution in [0.1, 0.15) is 44.3 Å². The lowest BCUT2D eigenvalue weighted by Gasteiger charge is -2.11. The molecule has 1 unspecified atom stereocenters. The molecule has 0 amide bonds. The number of hydrogen-bond donors (Lipinski definition) is 1. The summed E-state index contributed by atoms with van der Waals surface area (Å²) in [6, 6.07) is 0. The summed E-state index contributed by atoms with van der Waals surface area (Å²) in [7, 11) is 1.70. The Kier molecular flexibility index (Phi) is 7.60. The molecule has 0 bridgehead atoms. The molecular formula is C13H25N3O2. The summed E-state index contributed by atoms with van der Waals surface area (Å²) >= 11 is 0. The van der Waals surface area contributed by atoms with E-state index in [1.807, 2.05) is 0 Å². The van der Waals surface area contributed by atoms with Gasteiger partial charge in [-0.1, -0.05) is 18.5 Å². The molecule has 0 aromatic carbocycles. The Morgan fingerprint density at radius 2 is 2.17 bits per heavy atom. The second-order valence-corrected chi connectivity index (χ2v) is 4.59. The van der Waals surface area contributed by atoms with Crippen LogP contribution in [0, 0.1) is 5.92 Å². The van der Waals surface area contributed by atoms with E-state index in [4.69, 9.17) is 15.0 Å². The standard InChI is InChI=1S/C13H25N3O2/c1-3-11(8-9-14)6-7-13-15-12(16-18-13)5-4-10-17-2/h11H,3-10,14H2,1-2H3. The second-order valence-electron chi connectivity index (χ2n) is 4.59. The summed E-state index contributed by atoms with van der Waals surface area (Å²) in [5.74, 6) is 2.20. The molecule has 1 atom stereocenters. The average molecular weight is 255 g/mol. The molecule has 1 aromatic heterocycles. The molecule has 0 aliphatic heterocycles. The van der Waals surface area contributed by atoms with E-state index in [9.17, 15) is 0 Å². The van der Waals surface area contributed by atoms with E-state index in [0.717, 1.165) is 63.4 Å². The molecule has 0 aliphatic carbocycles. The van der Waals surface area contributed by atoms with Crippen molar-refractivity contribution in [3.8, 4) is 0 Å². The van der Waals surface area contributed by atoms with Gasteiger partial charge in [0.05, 0.1) is 0 Å². The van der Waals surface area contributed by atoms with Gasteiger partial charge >= 0.3 is 0 Å². The third kappa shape index (κ3) is 5.60. The Morgan fingerprint density at radius 3 is 2.83 bits per heavy atom. The molecule has 2 N–H and O–H groups in total. The smallest absolute Gasteiger partial charge is 0.226 e. The summed E-state index contributed by atoms with van der Waals surface area (Å²) < 4.78 is 10.2. The molecule has 104 valence electrons. The quantitative estimate of drug-likeness (QED) is 0.647. The van der Waals surface area contributed by atoms with Crippen molar-refractivity contribution in [1.29, 1.82) is 0 Å². The highest BCUT2D eigenvalue weighted by molar-refractivity contribution is 4.87. The SMILES string of the molecule is CCC(CCN)CCc1nc(CCCOC)no1. The summed E-state index contributed by atoms with van der Waals surface area (Å²) in [6.45, 7) is 3.69. The third-order valence-electron chi connectivity index (χ3n) is 3.18. The first-order valence-electron chi connectivity index (χ1n) is 6.80. The van der Waals surface area contributed by atoms with E-state index in [1.165, 1.54) is 0 Å². The Labute approximate surface area is 109 Å². The highest BCUT2D eigenvalue weighted by Crippen LogP contribution is 2.15. The third-order valence-corrected chi connectivity index (χ3v) is 3.18. The molecule has 5 nitrogen and oxygen atoms in total. The number of ether oxygens (including phenoxy) is 1. The Hall–Kier alpha value is -0.940. The van der Waals surface area contributed by atoms with Crippen LogP contribution < -0.4 is 5.73 Å². The monoisotopic (exact) mass is 255 g/mol. The molecule has 0 saturated heterocycles. The van der Waals surface area contributed by atoms with Crippen molar-refractivity contribution < 1.29 is 9.26 Å². The molecule has 0 saturated carbocycles. The fourth-order valence-electron chi connectivity index (χ4n) is 1.98. The lowest BCUT2D eigenvalue weighted by Crippen LogP contribution is -2.09. The van der Waals surface area contributed by atoms with Gasteiger partial charge in [-0.2, -0.15) is 4.98 Å². The second kappa shape index (κ2) is 9.05. The van der Waals surface area contributed by atoms with Gasteiger partial charge in [0, 0.05) is 26.6 Å². The first-order valence-corrected chi connectivity index (χ1v) is 6.80. The van der Waals surface area contributed by atoms with Gasteiger partial charge in [0.15, 0.2) is 5.82 Å². The number of rotatable bonds is 10. The van der Waals surface area contributed by atoms with Crippen molar-refractivity contribution in [1.82, 2.24) is 10.1 Å². The molecule has 1 aromatic rings. The van der Waals surface area contributed by atoms with E-state index in [1.54, 1.807) is 7.11 Å². The molecule has 0 spiro atoms. The van der Waals surface area contributed by atoms with Gasteiger partial charge in [0.2, 0.25) is 5.89 Å². The summed E-state index contributed by atoms with van der Waals surface area (Å²) in [5.41, 5.74) is 5.58. The van der Waals surface area contributed by atoms with E-state index in [2.05, 4.69) is 17.1 Å². The van der Waals surface area contributed by atoms with Crippen LogP contribution >= 0.6 is 0 Å². The van der Waals surface area contributed by atoms with Gasteiger partial charge in [-0.15, -0.1) is 0 Å². The van der Waals surface area contributed by atoms with Gasteiger partial charge < -0.3 is 15.0 Å². The van der Waals surface area contributed by atoms with E-state index in [0.29, 0.717) is 5.92 Å². The fourth-order valence-corrected chi connectivity index (χ4v) is 1.98. The summed E-state index contributed by atoms with van der Waals surface area (Å²) in [5, 5.41) is 3.97. The highest BCUT2D eigenvalue weighted by Gasteiger charge is 2.10. The molecule has 1 heterocycles.